The average molecular weight is 311 g/mol. The van der Waals surface area contributed by atoms with Gasteiger partial charge >= 0.3 is 11.6 Å². The van der Waals surface area contributed by atoms with E-state index in [0.29, 0.717) is 5.56 Å². The number of benzene rings is 1. The first-order chi connectivity index (χ1) is 9.90. The highest BCUT2D eigenvalue weighted by Gasteiger charge is 2.24. The highest BCUT2D eigenvalue weighted by atomic mass is 35.5. The van der Waals surface area contributed by atoms with Crippen molar-refractivity contribution in [2.75, 3.05) is 0 Å². The molecule has 0 aliphatic rings. The molecule has 2 rings (SSSR count). The van der Waals surface area contributed by atoms with Crippen molar-refractivity contribution in [2.45, 2.75) is 6.92 Å². The lowest BCUT2D eigenvalue weighted by molar-refractivity contribution is -0.386. The van der Waals surface area contributed by atoms with Gasteiger partial charge in [-0.25, -0.2) is 4.98 Å². The third-order valence-electron chi connectivity index (χ3n) is 2.50. The monoisotopic (exact) mass is 310 g/mol. The van der Waals surface area contributed by atoms with Gasteiger partial charge < -0.3 is 4.74 Å². The number of aromatic nitrogens is 2. The molecule has 0 spiro atoms. The van der Waals surface area contributed by atoms with Gasteiger partial charge in [0, 0.05) is 12.1 Å². The van der Waals surface area contributed by atoms with Gasteiger partial charge in [0.05, 0.1) is 9.85 Å². The number of ether oxygens (including phenoxy) is 1. The Morgan fingerprint density at radius 1 is 1.19 bits per heavy atom. The summed E-state index contributed by atoms with van der Waals surface area (Å²) in [5.74, 6) is -0.143. The van der Waals surface area contributed by atoms with Gasteiger partial charge in [0.2, 0.25) is 5.15 Å². The lowest BCUT2D eigenvalue weighted by Crippen LogP contribution is -1.99. The summed E-state index contributed by atoms with van der Waals surface area (Å²) in [4.78, 5) is 27.4. The van der Waals surface area contributed by atoms with E-state index in [-0.39, 0.29) is 22.5 Å². The van der Waals surface area contributed by atoms with E-state index >= 15 is 0 Å². The molecule has 108 valence electrons. The van der Waals surface area contributed by atoms with E-state index < -0.39 is 15.5 Å². The van der Waals surface area contributed by atoms with Crippen LogP contribution in [0.1, 0.15) is 5.56 Å². The zero-order valence-corrected chi connectivity index (χ0v) is 11.3. The van der Waals surface area contributed by atoms with E-state index in [1.807, 2.05) is 0 Å². The van der Waals surface area contributed by atoms with Crippen molar-refractivity contribution in [1.29, 1.82) is 0 Å². The Morgan fingerprint density at radius 2 is 1.90 bits per heavy atom. The van der Waals surface area contributed by atoms with Gasteiger partial charge in [-0.15, -0.1) is 0 Å². The quantitative estimate of drug-likeness (QED) is 0.483. The summed E-state index contributed by atoms with van der Waals surface area (Å²) in [5, 5.41) is 21.2. The summed E-state index contributed by atoms with van der Waals surface area (Å²) in [6.45, 7) is 1.57. The molecule has 0 fully saturated rings. The van der Waals surface area contributed by atoms with Crippen molar-refractivity contribution in [3.8, 4) is 11.6 Å². The van der Waals surface area contributed by atoms with Gasteiger partial charge in [-0.2, -0.15) is 4.98 Å². The average Bonchev–Trinajstić information content (AvgIpc) is 2.40. The number of hydrogen-bond acceptors (Lipinski definition) is 7. The predicted octanol–water partition coefficient (Wildman–Crippen LogP) is 3.05. The minimum atomic E-state index is -0.765. The maximum atomic E-state index is 10.9. The molecule has 0 atom stereocenters. The second kappa shape index (κ2) is 5.67. The van der Waals surface area contributed by atoms with E-state index in [0.717, 1.165) is 6.33 Å². The van der Waals surface area contributed by atoms with Gasteiger partial charge in [-0.05, 0) is 18.6 Å². The fourth-order valence-corrected chi connectivity index (χ4v) is 1.73. The molecule has 0 saturated carbocycles. The van der Waals surface area contributed by atoms with Gasteiger partial charge in [0.1, 0.15) is 12.1 Å². The summed E-state index contributed by atoms with van der Waals surface area (Å²) in [6, 6.07) is 3.83. The molecule has 0 aliphatic heterocycles. The van der Waals surface area contributed by atoms with Crippen molar-refractivity contribution in [1.82, 2.24) is 9.97 Å². The number of nitrogens with zero attached hydrogens (tertiary/aromatic N) is 4. The molecule has 1 aromatic carbocycles. The Bertz CT molecular complexity index is 737. The Labute approximate surface area is 122 Å². The number of halogens is 1. The van der Waals surface area contributed by atoms with Crippen LogP contribution in [0.25, 0.3) is 0 Å². The molecule has 0 amide bonds. The van der Waals surface area contributed by atoms with E-state index in [2.05, 4.69) is 9.97 Å². The molecule has 21 heavy (non-hydrogen) atoms. The van der Waals surface area contributed by atoms with Crippen molar-refractivity contribution in [3.63, 3.8) is 0 Å². The first-order valence-corrected chi connectivity index (χ1v) is 5.85. The molecule has 0 unspecified atom stereocenters. The number of non-ortho nitro benzene ring substituents is 1. The van der Waals surface area contributed by atoms with Crippen LogP contribution < -0.4 is 4.74 Å². The normalized spacial score (nSPS) is 10.2. The maximum absolute atomic E-state index is 10.9. The Hall–Kier alpha value is -2.81. The van der Waals surface area contributed by atoms with Gasteiger partial charge in [-0.3, -0.25) is 20.2 Å². The molecule has 10 heteroatoms. The highest BCUT2D eigenvalue weighted by Crippen LogP contribution is 2.35. The summed E-state index contributed by atoms with van der Waals surface area (Å²) in [5.41, 5.74) is -0.264. The van der Waals surface area contributed by atoms with Crippen molar-refractivity contribution in [2.24, 2.45) is 0 Å². The SMILES string of the molecule is Cc1cc([N+](=O)[O-])ccc1Oc1ncnc(Cl)c1[N+](=O)[O-]. The second-order valence-corrected chi connectivity index (χ2v) is 4.24. The smallest absolute Gasteiger partial charge is 0.368 e. The van der Waals surface area contributed by atoms with Crippen LogP contribution in [-0.2, 0) is 0 Å². The number of nitro benzene ring substituents is 1. The van der Waals surface area contributed by atoms with Crippen LogP contribution in [0.2, 0.25) is 5.15 Å². The van der Waals surface area contributed by atoms with Gasteiger partial charge in [-0.1, -0.05) is 11.6 Å². The van der Waals surface area contributed by atoms with E-state index in [4.69, 9.17) is 16.3 Å². The molecule has 0 aliphatic carbocycles. The van der Waals surface area contributed by atoms with Crippen LogP contribution in [0.15, 0.2) is 24.5 Å². The van der Waals surface area contributed by atoms with Gasteiger partial charge in [0.15, 0.2) is 0 Å². The van der Waals surface area contributed by atoms with E-state index in [1.54, 1.807) is 6.92 Å². The Balaban J connectivity index is 2.42. The molecule has 0 radical (unpaired) electrons. The van der Waals surface area contributed by atoms with Crippen molar-refractivity contribution < 1.29 is 14.6 Å². The zero-order valence-electron chi connectivity index (χ0n) is 10.5. The Kier molecular flexibility index (Phi) is 3.94. The molecule has 2 aromatic rings. The highest BCUT2D eigenvalue weighted by molar-refractivity contribution is 6.31. The van der Waals surface area contributed by atoms with Crippen LogP contribution in [0.5, 0.6) is 11.6 Å². The Morgan fingerprint density at radius 3 is 2.48 bits per heavy atom. The molecule has 0 N–H and O–H groups in total. The molecule has 9 nitrogen and oxygen atoms in total. The molecule has 1 heterocycles. The van der Waals surface area contributed by atoms with Crippen LogP contribution in [0.4, 0.5) is 11.4 Å². The number of hydrogen-bond donors (Lipinski definition) is 0. The maximum Gasteiger partial charge on any atom is 0.368 e. The van der Waals surface area contributed by atoms with Crippen LogP contribution in [0.3, 0.4) is 0 Å². The summed E-state index contributed by atoms with van der Waals surface area (Å²) >= 11 is 5.64. The third kappa shape index (κ3) is 3.03. The molecular weight excluding hydrogens is 304 g/mol. The zero-order chi connectivity index (χ0) is 15.6. The summed E-state index contributed by atoms with van der Waals surface area (Å²) in [7, 11) is 0. The van der Waals surface area contributed by atoms with Crippen molar-refractivity contribution >= 4 is 23.0 Å². The standard InChI is InChI=1S/C11H7ClN4O5/c1-6-4-7(15(17)18)2-3-8(6)21-11-9(16(19)20)10(12)13-5-14-11/h2-5H,1H3. The fourth-order valence-electron chi connectivity index (χ4n) is 1.54. The molecule has 0 saturated heterocycles. The van der Waals surface area contributed by atoms with Crippen LogP contribution in [0, 0.1) is 27.2 Å². The molecule has 0 bridgehead atoms. The lowest BCUT2D eigenvalue weighted by Gasteiger charge is -2.07. The topological polar surface area (TPSA) is 121 Å². The largest absolute Gasteiger partial charge is 0.433 e. The van der Waals surface area contributed by atoms with Gasteiger partial charge in [0.25, 0.3) is 5.69 Å². The number of rotatable bonds is 4. The number of aryl methyl sites for hydroxylation is 1. The van der Waals surface area contributed by atoms with E-state index in [9.17, 15) is 20.2 Å². The minimum Gasteiger partial charge on any atom is -0.433 e. The lowest BCUT2D eigenvalue weighted by atomic mass is 10.2. The fraction of sp³-hybridized carbons (Fsp3) is 0.0909. The predicted molar refractivity (Wildman–Crippen MR) is 71.6 cm³/mol. The summed E-state index contributed by atoms with van der Waals surface area (Å²) < 4.78 is 5.32. The van der Waals surface area contributed by atoms with E-state index in [1.165, 1.54) is 18.2 Å². The molecule has 1 aromatic heterocycles. The first kappa shape index (κ1) is 14.6. The second-order valence-electron chi connectivity index (χ2n) is 3.88. The number of nitro groups is 2. The van der Waals surface area contributed by atoms with Crippen LogP contribution in [-0.4, -0.2) is 19.8 Å². The third-order valence-corrected chi connectivity index (χ3v) is 2.78. The van der Waals surface area contributed by atoms with Crippen molar-refractivity contribution in [3.05, 3.63) is 55.5 Å². The minimum absolute atomic E-state index is 0.116. The van der Waals surface area contributed by atoms with Crippen LogP contribution >= 0.6 is 11.6 Å². The summed E-state index contributed by atoms with van der Waals surface area (Å²) in [6.07, 6.45) is 1.02. The first-order valence-electron chi connectivity index (χ1n) is 5.48. The molecular formula is C11H7ClN4O5.